The van der Waals surface area contributed by atoms with Crippen LogP contribution in [0.4, 0.5) is 5.82 Å². The Kier molecular flexibility index (Phi) is 7.87. The van der Waals surface area contributed by atoms with E-state index in [-0.39, 0.29) is 5.92 Å². The van der Waals surface area contributed by atoms with Crippen LogP contribution in [-0.2, 0) is 0 Å². The van der Waals surface area contributed by atoms with Gasteiger partial charge in [-0.05, 0) is 66.2 Å². The zero-order chi connectivity index (χ0) is 24.7. The average molecular weight is 458 g/mol. The lowest BCUT2D eigenvalue weighted by Crippen LogP contribution is -2.12. The quantitative estimate of drug-likeness (QED) is 0.242. The molecule has 7 N–H and O–H groups in total. The predicted octanol–water partition coefficient (Wildman–Crippen LogP) is 3.98. The number of nitrogens with one attached hydrogen (secondary N) is 3. The third-order valence-electron chi connectivity index (χ3n) is 5.24. The molecule has 8 nitrogen and oxygen atoms in total. The third kappa shape index (κ3) is 5.72. The summed E-state index contributed by atoms with van der Waals surface area (Å²) in [5, 5.41) is 14.9. The number of hydrogen-bond donors (Lipinski definition) is 5. The van der Waals surface area contributed by atoms with Gasteiger partial charge in [0.05, 0.1) is 23.9 Å². The summed E-state index contributed by atoms with van der Waals surface area (Å²) in [6, 6.07) is 13.0. The smallest absolute Gasteiger partial charge is 0.132 e. The van der Waals surface area contributed by atoms with Gasteiger partial charge >= 0.3 is 0 Å². The second kappa shape index (κ2) is 11.0. The first-order valence-electron chi connectivity index (χ1n) is 10.9. The minimum Gasteiger partial charge on any atom is -0.497 e. The van der Waals surface area contributed by atoms with Crippen LogP contribution in [0.5, 0.6) is 5.75 Å². The Hall–Kier alpha value is -4.33. The predicted molar refractivity (Wildman–Crippen MR) is 139 cm³/mol. The number of anilines is 1. The van der Waals surface area contributed by atoms with Gasteiger partial charge in [-0.25, -0.2) is 4.98 Å². The molecule has 3 aromatic rings. The molecular formula is C26H31N7O. The summed E-state index contributed by atoms with van der Waals surface area (Å²) in [5.74, 6) is 2.02. The van der Waals surface area contributed by atoms with E-state index in [1.165, 1.54) is 0 Å². The van der Waals surface area contributed by atoms with Crippen molar-refractivity contribution in [3.05, 3.63) is 89.7 Å². The molecule has 1 aromatic carbocycles. The van der Waals surface area contributed by atoms with E-state index < -0.39 is 0 Å². The van der Waals surface area contributed by atoms with Crippen LogP contribution in [0, 0.1) is 11.3 Å². The fourth-order valence-electron chi connectivity index (χ4n) is 3.35. The Labute approximate surface area is 199 Å². The molecule has 8 heteroatoms. The molecule has 0 bridgehead atoms. The SMILES string of the molecule is CN/C=C(\C(=N)c1ccc(OC)cc1)c1cnc2ccc(N/C(N)=C/C(=C\N)C(C)C)nc2c1. The van der Waals surface area contributed by atoms with Crippen LogP contribution in [0.15, 0.2) is 78.5 Å². The van der Waals surface area contributed by atoms with Gasteiger partial charge in [-0.15, -0.1) is 0 Å². The maximum absolute atomic E-state index is 8.77. The molecule has 34 heavy (non-hydrogen) atoms. The number of ether oxygens (including phenoxy) is 1. The monoisotopic (exact) mass is 457 g/mol. The number of nitrogens with two attached hydrogens (primary N) is 2. The summed E-state index contributed by atoms with van der Waals surface area (Å²) in [4.78, 5) is 9.22. The van der Waals surface area contributed by atoms with Crippen molar-refractivity contribution in [1.82, 2.24) is 15.3 Å². The van der Waals surface area contributed by atoms with Crippen LogP contribution < -0.4 is 26.8 Å². The van der Waals surface area contributed by atoms with Crippen LogP contribution in [-0.4, -0.2) is 29.8 Å². The van der Waals surface area contributed by atoms with Crippen molar-refractivity contribution in [2.75, 3.05) is 19.5 Å². The Morgan fingerprint density at radius 1 is 1.09 bits per heavy atom. The number of hydrogen-bond acceptors (Lipinski definition) is 8. The molecule has 0 aliphatic carbocycles. The Morgan fingerprint density at radius 3 is 2.44 bits per heavy atom. The van der Waals surface area contributed by atoms with Gasteiger partial charge in [0.2, 0.25) is 0 Å². The van der Waals surface area contributed by atoms with Crippen molar-refractivity contribution in [3.63, 3.8) is 0 Å². The minimum absolute atomic E-state index is 0.250. The van der Waals surface area contributed by atoms with Gasteiger partial charge in [-0.2, -0.15) is 0 Å². The average Bonchev–Trinajstić information content (AvgIpc) is 2.84. The number of aromatic nitrogens is 2. The van der Waals surface area contributed by atoms with E-state index in [1.54, 1.807) is 38.8 Å². The lowest BCUT2D eigenvalue weighted by Gasteiger charge is -2.12. The molecule has 0 radical (unpaired) electrons. The summed E-state index contributed by atoms with van der Waals surface area (Å²) in [6.07, 6.45) is 6.88. The van der Waals surface area contributed by atoms with Crippen LogP contribution in [0.2, 0.25) is 0 Å². The number of methoxy groups -OCH3 is 1. The molecule has 0 fully saturated rings. The first-order chi connectivity index (χ1) is 16.4. The second-order valence-corrected chi connectivity index (χ2v) is 7.95. The minimum atomic E-state index is 0.250. The molecular weight excluding hydrogens is 426 g/mol. The van der Waals surface area contributed by atoms with E-state index in [4.69, 9.17) is 21.6 Å². The highest BCUT2D eigenvalue weighted by molar-refractivity contribution is 6.30. The molecule has 3 rings (SSSR count). The lowest BCUT2D eigenvalue weighted by molar-refractivity contribution is 0.415. The molecule has 0 amide bonds. The summed E-state index contributed by atoms with van der Waals surface area (Å²) in [6.45, 7) is 4.09. The molecule has 0 aliphatic heterocycles. The summed E-state index contributed by atoms with van der Waals surface area (Å²) >= 11 is 0. The number of nitrogens with zero attached hydrogens (tertiary/aromatic N) is 2. The molecule has 2 heterocycles. The number of allylic oxidation sites excluding steroid dienone is 3. The molecule has 2 aromatic heterocycles. The largest absolute Gasteiger partial charge is 0.497 e. The van der Waals surface area contributed by atoms with Crippen LogP contribution >= 0.6 is 0 Å². The maximum Gasteiger partial charge on any atom is 0.132 e. The first-order valence-corrected chi connectivity index (χ1v) is 10.9. The van der Waals surface area contributed by atoms with Gasteiger partial charge in [0, 0.05) is 36.1 Å². The zero-order valence-electron chi connectivity index (χ0n) is 19.9. The van der Waals surface area contributed by atoms with Gasteiger partial charge in [0.15, 0.2) is 0 Å². The first kappa shape index (κ1) is 24.3. The molecule has 176 valence electrons. The Morgan fingerprint density at radius 2 is 1.82 bits per heavy atom. The summed E-state index contributed by atoms with van der Waals surface area (Å²) in [5.41, 5.74) is 16.8. The van der Waals surface area contributed by atoms with Crippen molar-refractivity contribution < 1.29 is 4.74 Å². The van der Waals surface area contributed by atoms with E-state index in [2.05, 4.69) is 20.6 Å². The van der Waals surface area contributed by atoms with Crippen LogP contribution in [0.3, 0.4) is 0 Å². The highest BCUT2D eigenvalue weighted by Crippen LogP contribution is 2.24. The zero-order valence-corrected chi connectivity index (χ0v) is 19.9. The standard InChI is InChI=1S/C26H31N7O/c1-16(2)18(13-27)12-24(28)33-25-10-9-22-23(32-25)11-19(14-31-22)21(15-30-3)26(29)17-5-7-20(34-4)8-6-17/h5-16,29-30H,27-28H2,1-4H3,(H,32,33)/b18-13+,21-15-,24-12+,29-26?. The van der Waals surface area contributed by atoms with Crippen molar-refractivity contribution >= 4 is 28.1 Å². The topological polar surface area (TPSA) is 135 Å². The highest BCUT2D eigenvalue weighted by atomic mass is 16.5. The van der Waals surface area contributed by atoms with Crippen molar-refractivity contribution in [3.8, 4) is 5.75 Å². The van der Waals surface area contributed by atoms with Crippen molar-refractivity contribution in [2.24, 2.45) is 17.4 Å². The fourth-order valence-corrected chi connectivity index (χ4v) is 3.35. The molecule has 0 unspecified atom stereocenters. The number of benzene rings is 1. The molecule has 0 atom stereocenters. The normalized spacial score (nSPS) is 12.7. The van der Waals surface area contributed by atoms with Gasteiger partial charge < -0.3 is 26.8 Å². The highest BCUT2D eigenvalue weighted by Gasteiger charge is 2.13. The van der Waals surface area contributed by atoms with E-state index in [1.807, 2.05) is 56.3 Å². The maximum atomic E-state index is 8.77. The Bertz CT molecular complexity index is 1260. The van der Waals surface area contributed by atoms with Gasteiger partial charge in [0.25, 0.3) is 0 Å². The number of pyridine rings is 2. The van der Waals surface area contributed by atoms with Crippen molar-refractivity contribution in [2.45, 2.75) is 13.8 Å². The third-order valence-corrected chi connectivity index (χ3v) is 5.24. The number of fused-ring (bicyclic) bond motifs is 1. The molecule has 0 aliphatic rings. The van der Waals surface area contributed by atoms with Gasteiger partial charge in [-0.3, -0.25) is 10.4 Å². The lowest BCUT2D eigenvalue weighted by atomic mass is 9.97. The molecule has 0 spiro atoms. The number of rotatable bonds is 9. The fraction of sp³-hybridized carbons (Fsp3) is 0.192. The van der Waals surface area contributed by atoms with E-state index in [9.17, 15) is 0 Å². The van der Waals surface area contributed by atoms with Gasteiger partial charge in [-0.1, -0.05) is 13.8 Å². The van der Waals surface area contributed by atoms with E-state index >= 15 is 0 Å². The van der Waals surface area contributed by atoms with Crippen molar-refractivity contribution in [1.29, 1.82) is 5.41 Å². The van der Waals surface area contributed by atoms with E-state index in [0.717, 1.165) is 28.0 Å². The van der Waals surface area contributed by atoms with Gasteiger partial charge in [0.1, 0.15) is 17.4 Å². The molecule has 0 saturated heterocycles. The Balaban J connectivity index is 1.93. The van der Waals surface area contributed by atoms with Crippen LogP contribution in [0.1, 0.15) is 25.0 Å². The van der Waals surface area contributed by atoms with Crippen LogP contribution in [0.25, 0.3) is 16.6 Å². The second-order valence-electron chi connectivity index (χ2n) is 7.95. The molecule has 0 saturated carbocycles. The summed E-state index contributed by atoms with van der Waals surface area (Å²) < 4.78 is 5.22. The van der Waals surface area contributed by atoms with E-state index in [0.29, 0.717) is 28.4 Å². The summed E-state index contributed by atoms with van der Waals surface area (Å²) in [7, 11) is 3.41.